The average molecular weight is 240 g/mol. The highest BCUT2D eigenvalue weighted by Gasteiger charge is 2.13. The average Bonchev–Trinajstić information content (AvgIpc) is 2.78. The van der Waals surface area contributed by atoms with E-state index in [4.69, 9.17) is 10.3 Å². The van der Waals surface area contributed by atoms with Crippen LogP contribution in [0.2, 0.25) is 0 Å². The van der Waals surface area contributed by atoms with Gasteiger partial charge < -0.3 is 10.3 Å². The standard InChI is InChI=1S/C11H13N3O.ClH/c1-2-9(12)11-13-10(14-15-11)8-6-4-3-5-7-8;/h3-7,9H,2,12H2,1H3;1H/t9-;/m0./s1. The smallest absolute Gasteiger partial charge is 0.243 e. The topological polar surface area (TPSA) is 64.9 Å². The molecule has 0 aliphatic rings. The summed E-state index contributed by atoms with van der Waals surface area (Å²) in [7, 11) is 0. The highest BCUT2D eigenvalue weighted by Crippen LogP contribution is 2.18. The molecule has 1 atom stereocenters. The molecule has 0 saturated heterocycles. The van der Waals surface area contributed by atoms with Crippen molar-refractivity contribution in [1.82, 2.24) is 10.1 Å². The van der Waals surface area contributed by atoms with Crippen molar-refractivity contribution in [1.29, 1.82) is 0 Å². The van der Waals surface area contributed by atoms with Crippen molar-refractivity contribution in [3.8, 4) is 11.4 Å². The second kappa shape index (κ2) is 5.63. The van der Waals surface area contributed by atoms with Gasteiger partial charge in [-0.25, -0.2) is 0 Å². The molecule has 1 aromatic carbocycles. The van der Waals surface area contributed by atoms with Gasteiger partial charge in [-0.3, -0.25) is 0 Å². The van der Waals surface area contributed by atoms with Crippen LogP contribution in [0.1, 0.15) is 25.3 Å². The lowest BCUT2D eigenvalue weighted by Gasteiger charge is -1.99. The van der Waals surface area contributed by atoms with Crippen LogP contribution in [-0.2, 0) is 0 Å². The second-order valence-corrected chi connectivity index (χ2v) is 3.34. The Hall–Kier alpha value is -1.39. The maximum Gasteiger partial charge on any atom is 0.243 e. The van der Waals surface area contributed by atoms with Crippen LogP contribution in [0.5, 0.6) is 0 Å². The van der Waals surface area contributed by atoms with E-state index in [9.17, 15) is 0 Å². The Morgan fingerprint density at radius 1 is 1.31 bits per heavy atom. The number of nitrogens with zero attached hydrogens (tertiary/aromatic N) is 2. The molecule has 1 heterocycles. The fraction of sp³-hybridized carbons (Fsp3) is 0.273. The van der Waals surface area contributed by atoms with E-state index < -0.39 is 0 Å². The van der Waals surface area contributed by atoms with Crippen LogP contribution in [0.25, 0.3) is 11.4 Å². The normalized spacial score (nSPS) is 11.9. The number of hydrogen-bond acceptors (Lipinski definition) is 4. The van der Waals surface area contributed by atoms with Crippen LogP contribution in [0.4, 0.5) is 0 Å². The molecular weight excluding hydrogens is 226 g/mol. The number of nitrogens with two attached hydrogens (primary N) is 1. The van der Waals surface area contributed by atoms with Crippen LogP contribution < -0.4 is 5.73 Å². The van der Waals surface area contributed by atoms with Crippen molar-refractivity contribution in [3.63, 3.8) is 0 Å². The first-order chi connectivity index (χ1) is 7.31. The number of halogens is 1. The van der Waals surface area contributed by atoms with Crippen LogP contribution in [0, 0.1) is 0 Å². The summed E-state index contributed by atoms with van der Waals surface area (Å²) >= 11 is 0. The van der Waals surface area contributed by atoms with E-state index >= 15 is 0 Å². The van der Waals surface area contributed by atoms with E-state index in [1.54, 1.807) is 0 Å². The van der Waals surface area contributed by atoms with Gasteiger partial charge in [-0.2, -0.15) is 4.98 Å². The molecule has 86 valence electrons. The molecule has 0 aliphatic heterocycles. The SMILES string of the molecule is CC[C@H](N)c1nc(-c2ccccc2)no1.Cl. The van der Waals surface area contributed by atoms with Gasteiger partial charge >= 0.3 is 0 Å². The van der Waals surface area contributed by atoms with Gasteiger partial charge in [0.15, 0.2) is 0 Å². The fourth-order valence-corrected chi connectivity index (χ4v) is 1.26. The first kappa shape index (κ1) is 12.7. The maximum atomic E-state index is 5.79. The Bertz CT molecular complexity index is 430. The van der Waals surface area contributed by atoms with Crippen molar-refractivity contribution in [2.45, 2.75) is 19.4 Å². The molecule has 0 radical (unpaired) electrons. The summed E-state index contributed by atoms with van der Waals surface area (Å²) in [6, 6.07) is 9.52. The van der Waals surface area contributed by atoms with E-state index in [0.717, 1.165) is 12.0 Å². The van der Waals surface area contributed by atoms with Crippen LogP contribution in [0.3, 0.4) is 0 Å². The molecule has 2 rings (SSSR count). The molecule has 2 N–H and O–H groups in total. The molecular formula is C11H14ClN3O. The molecule has 0 unspecified atom stereocenters. The van der Waals surface area contributed by atoms with E-state index in [2.05, 4.69) is 10.1 Å². The largest absolute Gasteiger partial charge is 0.337 e. The highest BCUT2D eigenvalue weighted by atomic mass is 35.5. The molecule has 0 bridgehead atoms. The summed E-state index contributed by atoms with van der Waals surface area (Å²) in [5.74, 6) is 1.09. The third-order valence-electron chi connectivity index (χ3n) is 2.23. The molecule has 5 heteroatoms. The summed E-state index contributed by atoms with van der Waals surface area (Å²) in [6.45, 7) is 1.98. The van der Waals surface area contributed by atoms with Gasteiger partial charge in [0.1, 0.15) is 0 Å². The predicted octanol–water partition coefficient (Wildman–Crippen LogP) is 2.57. The summed E-state index contributed by atoms with van der Waals surface area (Å²) in [5.41, 5.74) is 6.73. The van der Waals surface area contributed by atoms with Gasteiger partial charge in [-0.1, -0.05) is 42.4 Å². The Balaban J connectivity index is 0.00000128. The molecule has 0 aliphatic carbocycles. The highest BCUT2D eigenvalue weighted by molar-refractivity contribution is 5.85. The lowest BCUT2D eigenvalue weighted by atomic mass is 10.2. The van der Waals surface area contributed by atoms with Crippen molar-refractivity contribution in [3.05, 3.63) is 36.2 Å². The number of benzene rings is 1. The third-order valence-corrected chi connectivity index (χ3v) is 2.23. The van der Waals surface area contributed by atoms with Crippen LogP contribution >= 0.6 is 12.4 Å². The lowest BCUT2D eigenvalue weighted by molar-refractivity contribution is 0.352. The van der Waals surface area contributed by atoms with E-state index in [0.29, 0.717) is 11.7 Å². The van der Waals surface area contributed by atoms with Crippen LogP contribution in [-0.4, -0.2) is 10.1 Å². The minimum absolute atomic E-state index is 0. The quantitative estimate of drug-likeness (QED) is 0.894. The summed E-state index contributed by atoms with van der Waals surface area (Å²) in [6.07, 6.45) is 0.788. The number of aromatic nitrogens is 2. The van der Waals surface area contributed by atoms with Crippen molar-refractivity contribution >= 4 is 12.4 Å². The summed E-state index contributed by atoms with van der Waals surface area (Å²) in [4.78, 5) is 4.25. The molecule has 16 heavy (non-hydrogen) atoms. The second-order valence-electron chi connectivity index (χ2n) is 3.34. The van der Waals surface area contributed by atoms with Crippen LogP contribution in [0.15, 0.2) is 34.9 Å². The number of hydrogen-bond donors (Lipinski definition) is 1. The van der Waals surface area contributed by atoms with Gasteiger partial charge in [-0.15, -0.1) is 12.4 Å². The Morgan fingerprint density at radius 3 is 2.62 bits per heavy atom. The van der Waals surface area contributed by atoms with Gasteiger partial charge in [0, 0.05) is 5.56 Å². The molecule has 0 spiro atoms. The minimum Gasteiger partial charge on any atom is -0.337 e. The monoisotopic (exact) mass is 239 g/mol. The molecule has 0 saturated carbocycles. The Morgan fingerprint density at radius 2 is 2.00 bits per heavy atom. The van der Waals surface area contributed by atoms with E-state index in [1.807, 2.05) is 37.3 Å². The first-order valence-corrected chi connectivity index (χ1v) is 4.96. The van der Waals surface area contributed by atoms with Gasteiger partial charge in [0.25, 0.3) is 0 Å². The maximum absolute atomic E-state index is 5.79. The van der Waals surface area contributed by atoms with E-state index in [1.165, 1.54) is 0 Å². The number of rotatable bonds is 3. The van der Waals surface area contributed by atoms with Gasteiger partial charge in [-0.05, 0) is 6.42 Å². The summed E-state index contributed by atoms with van der Waals surface area (Å²) < 4.78 is 5.09. The molecule has 4 nitrogen and oxygen atoms in total. The van der Waals surface area contributed by atoms with Gasteiger partial charge in [0.05, 0.1) is 6.04 Å². The Kier molecular flexibility index (Phi) is 4.46. The molecule has 2 aromatic rings. The molecule has 1 aromatic heterocycles. The van der Waals surface area contributed by atoms with Crippen molar-refractivity contribution in [2.24, 2.45) is 5.73 Å². The fourth-order valence-electron chi connectivity index (χ4n) is 1.26. The Labute approximate surface area is 100 Å². The predicted molar refractivity (Wildman–Crippen MR) is 64.2 cm³/mol. The van der Waals surface area contributed by atoms with Gasteiger partial charge in [0.2, 0.25) is 11.7 Å². The minimum atomic E-state index is -0.171. The summed E-state index contributed by atoms with van der Waals surface area (Å²) in [5, 5.41) is 3.89. The molecule has 0 fully saturated rings. The third kappa shape index (κ3) is 2.59. The van der Waals surface area contributed by atoms with Crippen molar-refractivity contribution < 1.29 is 4.52 Å². The lowest BCUT2D eigenvalue weighted by Crippen LogP contribution is -2.08. The first-order valence-electron chi connectivity index (χ1n) is 4.96. The van der Waals surface area contributed by atoms with Crippen molar-refractivity contribution in [2.75, 3.05) is 0 Å². The zero-order chi connectivity index (χ0) is 10.7. The zero-order valence-corrected chi connectivity index (χ0v) is 9.78. The zero-order valence-electron chi connectivity index (χ0n) is 8.96. The molecule has 0 amide bonds. The van der Waals surface area contributed by atoms with E-state index in [-0.39, 0.29) is 18.4 Å².